The summed E-state index contributed by atoms with van der Waals surface area (Å²) in [4.78, 5) is 7.02. The summed E-state index contributed by atoms with van der Waals surface area (Å²) in [5.74, 6) is 2.40. The van der Waals surface area contributed by atoms with Gasteiger partial charge in [0.15, 0.2) is 5.82 Å². The van der Waals surface area contributed by atoms with Crippen LogP contribution in [0.1, 0.15) is 36.2 Å². The Morgan fingerprint density at radius 3 is 2.70 bits per heavy atom. The molecule has 3 heterocycles. The average Bonchev–Trinajstić information content (AvgIpc) is 3.48. The number of nitrogens with zero attached hydrogens (tertiary/aromatic N) is 5. The molecule has 1 saturated heterocycles. The van der Waals surface area contributed by atoms with E-state index in [9.17, 15) is 0 Å². The molecule has 7 nitrogen and oxygen atoms in total. The Bertz CT molecular complexity index is 901. The van der Waals surface area contributed by atoms with E-state index >= 15 is 0 Å². The lowest BCUT2D eigenvalue weighted by Gasteiger charge is -2.31. The number of nitrogens with one attached hydrogen (secondary N) is 1. The number of morpholine rings is 1. The summed E-state index contributed by atoms with van der Waals surface area (Å²) >= 11 is 0. The highest BCUT2D eigenvalue weighted by molar-refractivity contribution is 5.63. The standard InChI is InChI=1S/C20H24N6O/c1-2-4-15(5-3-1)17(14-25-10-12-27-13-11-25)22-18-20-24-23-19(16-6-7-16)26(20)9-8-21-18/h1-5,8-9,16-17H,6-7,10-14H2,(H,21,22). The number of benzene rings is 1. The molecule has 0 amide bonds. The van der Waals surface area contributed by atoms with Crippen molar-refractivity contribution >= 4 is 11.5 Å². The highest BCUT2D eigenvalue weighted by Gasteiger charge is 2.29. The molecule has 2 aromatic heterocycles. The molecule has 7 heteroatoms. The van der Waals surface area contributed by atoms with Gasteiger partial charge in [-0.15, -0.1) is 10.2 Å². The van der Waals surface area contributed by atoms with Crippen LogP contribution in [0.3, 0.4) is 0 Å². The van der Waals surface area contributed by atoms with Gasteiger partial charge in [0.05, 0.1) is 19.3 Å². The molecule has 1 aromatic carbocycles. The van der Waals surface area contributed by atoms with Crippen LogP contribution in [-0.2, 0) is 4.74 Å². The molecule has 2 fully saturated rings. The number of anilines is 1. The molecular weight excluding hydrogens is 340 g/mol. The number of aromatic nitrogens is 4. The molecule has 1 atom stereocenters. The van der Waals surface area contributed by atoms with Crippen LogP contribution >= 0.6 is 0 Å². The van der Waals surface area contributed by atoms with Gasteiger partial charge < -0.3 is 10.1 Å². The van der Waals surface area contributed by atoms with E-state index in [0.29, 0.717) is 5.92 Å². The third-order valence-electron chi connectivity index (χ3n) is 5.35. The van der Waals surface area contributed by atoms with Crippen molar-refractivity contribution in [2.45, 2.75) is 24.8 Å². The van der Waals surface area contributed by atoms with Crippen LogP contribution in [0.15, 0.2) is 42.7 Å². The highest BCUT2D eigenvalue weighted by Crippen LogP contribution is 2.39. The molecule has 3 aromatic rings. The van der Waals surface area contributed by atoms with Gasteiger partial charge in [-0.2, -0.15) is 0 Å². The highest BCUT2D eigenvalue weighted by atomic mass is 16.5. The molecule has 2 aliphatic rings. The van der Waals surface area contributed by atoms with E-state index in [1.54, 1.807) is 0 Å². The molecule has 1 unspecified atom stereocenters. The van der Waals surface area contributed by atoms with Crippen LogP contribution in [0.4, 0.5) is 5.82 Å². The molecule has 1 aliphatic carbocycles. The van der Waals surface area contributed by atoms with Crippen LogP contribution < -0.4 is 5.32 Å². The number of ether oxygens (including phenoxy) is 1. The van der Waals surface area contributed by atoms with E-state index in [-0.39, 0.29) is 6.04 Å². The van der Waals surface area contributed by atoms with E-state index in [2.05, 4.69) is 60.1 Å². The molecule has 1 aliphatic heterocycles. The van der Waals surface area contributed by atoms with Crippen LogP contribution in [0, 0.1) is 0 Å². The van der Waals surface area contributed by atoms with Gasteiger partial charge in [0.2, 0.25) is 5.65 Å². The Morgan fingerprint density at radius 1 is 1.11 bits per heavy atom. The van der Waals surface area contributed by atoms with Crippen LogP contribution in [0.2, 0.25) is 0 Å². The molecule has 140 valence electrons. The summed E-state index contributed by atoms with van der Waals surface area (Å²) in [6.45, 7) is 4.41. The Morgan fingerprint density at radius 2 is 1.93 bits per heavy atom. The summed E-state index contributed by atoms with van der Waals surface area (Å²) < 4.78 is 7.59. The minimum absolute atomic E-state index is 0.129. The van der Waals surface area contributed by atoms with E-state index in [1.807, 2.05) is 12.4 Å². The van der Waals surface area contributed by atoms with Crippen LogP contribution in [0.5, 0.6) is 0 Å². The Hall–Kier alpha value is -2.51. The lowest BCUT2D eigenvalue weighted by atomic mass is 10.1. The van der Waals surface area contributed by atoms with Crippen molar-refractivity contribution in [1.29, 1.82) is 0 Å². The van der Waals surface area contributed by atoms with Gasteiger partial charge in [0.25, 0.3) is 0 Å². The predicted octanol–water partition coefficient (Wildman–Crippen LogP) is 2.49. The predicted molar refractivity (Wildman–Crippen MR) is 103 cm³/mol. The molecule has 0 spiro atoms. The summed E-state index contributed by atoms with van der Waals surface area (Å²) in [5.41, 5.74) is 2.05. The molecule has 5 rings (SSSR count). The Balaban J connectivity index is 1.44. The average molecular weight is 364 g/mol. The van der Waals surface area contributed by atoms with Gasteiger partial charge >= 0.3 is 0 Å². The first-order chi connectivity index (χ1) is 13.4. The smallest absolute Gasteiger partial charge is 0.203 e. The topological polar surface area (TPSA) is 67.6 Å². The maximum absolute atomic E-state index is 5.50. The summed E-state index contributed by atoms with van der Waals surface area (Å²) in [5, 5.41) is 12.5. The third-order valence-corrected chi connectivity index (χ3v) is 5.35. The number of rotatable bonds is 6. The second-order valence-corrected chi connectivity index (χ2v) is 7.32. The van der Waals surface area contributed by atoms with Crippen molar-refractivity contribution in [3.8, 4) is 0 Å². The monoisotopic (exact) mass is 364 g/mol. The first-order valence-electron chi connectivity index (χ1n) is 9.70. The summed E-state index contributed by atoms with van der Waals surface area (Å²) in [6.07, 6.45) is 6.21. The van der Waals surface area contributed by atoms with Gasteiger partial charge in [-0.1, -0.05) is 30.3 Å². The lowest BCUT2D eigenvalue weighted by Crippen LogP contribution is -2.40. The molecular formula is C20H24N6O. The Labute approximate surface area is 158 Å². The summed E-state index contributed by atoms with van der Waals surface area (Å²) in [6, 6.07) is 10.7. The number of hydrogen-bond acceptors (Lipinski definition) is 6. The fourth-order valence-corrected chi connectivity index (χ4v) is 3.69. The maximum Gasteiger partial charge on any atom is 0.203 e. The minimum Gasteiger partial charge on any atom is -0.379 e. The fourth-order valence-electron chi connectivity index (χ4n) is 3.69. The third kappa shape index (κ3) is 3.52. The van der Waals surface area contributed by atoms with Gasteiger partial charge in [0, 0.05) is 37.9 Å². The van der Waals surface area contributed by atoms with E-state index in [4.69, 9.17) is 4.74 Å². The van der Waals surface area contributed by atoms with Gasteiger partial charge in [-0.05, 0) is 18.4 Å². The molecule has 27 heavy (non-hydrogen) atoms. The van der Waals surface area contributed by atoms with E-state index in [1.165, 1.54) is 18.4 Å². The van der Waals surface area contributed by atoms with Crippen LogP contribution in [0.25, 0.3) is 5.65 Å². The van der Waals surface area contributed by atoms with Gasteiger partial charge in [-0.25, -0.2) is 4.98 Å². The van der Waals surface area contributed by atoms with Crippen molar-refractivity contribution in [3.63, 3.8) is 0 Å². The zero-order chi connectivity index (χ0) is 18.1. The second kappa shape index (κ2) is 7.25. The molecule has 1 saturated carbocycles. The zero-order valence-corrected chi connectivity index (χ0v) is 15.3. The van der Waals surface area contributed by atoms with Gasteiger partial charge in [-0.3, -0.25) is 9.30 Å². The molecule has 0 radical (unpaired) electrons. The Kier molecular flexibility index (Phi) is 4.47. The first-order valence-corrected chi connectivity index (χ1v) is 9.70. The van der Waals surface area contributed by atoms with Crippen molar-refractivity contribution in [2.75, 3.05) is 38.2 Å². The van der Waals surface area contributed by atoms with E-state index in [0.717, 1.165) is 50.1 Å². The quantitative estimate of drug-likeness (QED) is 0.725. The first kappa shape index (κ1) is 16.6. The van der Waals surface area contributed by atoms with Gasteiger partial charge in [0.1, 0.15) is 5.82 Å². The normalized spacial score (nSPS) is 19.3. The maximum atomic E-state index is 5.50. The van der Waals surface area contributed by atoms with Crippen molar-refractivity contribution in [3.05, 3.63) is 54.1 Å². The summed E-state index contributed by atoms with van der Waals surface area (Å²) in [7, 11) is 0. The van der Waals surface area contributed by atoms with Crippen LogP contribution in [-0.4, -0.2) is 57.3 Å². The van der Waals surface area contributed by atoms with Crippen molar-refractivity contribution < 1.29 is 4.74 Å². The second-order valence-electron chi connectivity index (χ2n) is 7.32. The minimum atomic E-state index is 0.129. The molecule has 0 bridgehead atoms. The number of fused-ring (bicyclic) bond motifs is 1. The van der Waals surface area contributed by atoms with E-state index < -0.39 is 0 Å². The lowest BCUT2D eigenvalue weighted by molar-refractivity contribution is 0.0361. The molecule has 1 N–H and O–H groups in total. The number of hydrogen-bond donors (Lipinski definition) is 1. The largest absolute Gasteiger partial charge is 0.379 e. The SMILES string of the molecule is c1ccc(C(CN2CCOCC2)Nc2nccn3c(C4CC4)nnc23)cc1. The van der Waals surface area contributed by atoms with Crippen molar-refractivity contribution in [2.24, 2.45) is 0 Å². The fraction of sp³-hybridized carbons (Fsp3) is 0.450. The zero-order valence-electron chi connectivity index (χ0n) is 15.3. The van der Waals surface area contributed by atoms with Crippen molar-refractivity contribution in [1.82, 2.24) is 24.5 Å².